The van der Waals surface area contributed by atoms with Gasteiger partial charge in [0.15, 0.2) is 0 Å². The first-order chi connectivity index (χ1) is 10.3. The van der Waals surface area contributed by atoms with Gasteiger partial charge in [-0.15, -0.1) is 0 Å². The number of carbonyl (C=O) groups is 1. The second kappa shape index (κ2) is 5.70. The standard InChI is InChI=1S/C18H19NO2/c20-14-19-13-7-12-17(19)18(21,15-8-3-1-4-9-15)16-10-5-2-6-11-16/h1-6,8-11,14,17,21H,7,12-13H2/t17-/m0/s1. The molecule has 3 heteroatoms. The Balaban J connectivity index is 2.13. The summed E-state index contributed by atoms with van der Waals surface area (Å²) >= 11 is 0. The van der Waals surface area contributed by atoms with Crippen molar-refractivity contribution < 1.29 is 9.90 Å². The summed E-state index contributed by atoms with van der Waals surface area (Å²) in [6.45, 7) is 0.705. The van der Waals surface area contributed by atoms with Gasteiger partial charge in [-0.1, -0.05) is 60.7 Å². The fraction of sp³-hybridized carbons (Fsp3) is 0.278. The second-order valence-corrected chi connectivity index (χ2v) is 5.50. The maximum absolute atomic E-state index is 11.6. The van der Waals surface area contributed by atoms with Gasteiger partial charge >= 0.3 is 0 Å². The largest absolute Gasteiger partial charge is 0.378 e. The third-order valence-electron chi connectivity index (χ3n) is 4.34. The van der Waals surface area contributed by atoms with Crippen LogP contribution < -0.4 is 0 Å². The van der Waals surface area contributed by atoms with Gasteiger partial charge in [0, 0.05) is 6.54 Å². The van der Waals surface area contributed by atoms with E-state index in [2.05, 4.69) is 0 Å². The molecule has 21 heavy (non-hydrogen) atoms. The first kappa shape index (κ1) is 13.8. The summed E-state index contributed by atoms with van der Waals surface area (Å²) in [7, 11) is 0. The highest BCUT2D eigenvalue weighted by atomic mass is 16.3. The zero-order chi connectivity index (χ0) is 14.7. The molecular weight excluding hydrogens is 262 g/mol. The molecule has 1 amide bonds. The van der Waals surface area contributed by atoms with Crippen LogP contribution in [0.15, 0.2) is 60.7 Å². The molecule has 1 saturated heterocycles. The van der Waals surface area contributed by atoms with E-state index in [0.717, 1.165) is 30.4 Å². The number of hydrogen-bond acceptors (Lipinski definition) is 2. The monoisotopic (exact) mass is 281 g/mol. The number of benzene rings is 2. The predicted molar refractivity (Wildman–Crippen MR) is 81.7 cm³/mol. The normalized spacial score (nSPS) is 18.7. The van der Waals surface area contributed by atoms with Gasteiger partial charge in [-0.25, -0.2) is 0 Å². The van der Waals surface area contributed by atoms with Crippen LogP contribution in [-0.4, -0.2) is 29.0 Å². The molecule has 2 aromatic carbocycles. The zero-order valence-electron chi connectivity index (χ0n) is 11.9. The number of amides is 1. The van der Waals surface area contributed by atoms with Crippen molar-refractivity contribution in [2.45, 2.75) is 24.5 Å². The van der Waals surface area contributed by atoms with E-state index in [9.17, 15) is 9.90 Å². The van der Waals surface area contributed by atoms with E-state index in [0.29, 0.717) is 6.54 Å². The molecule has 1 aliphatic heterocycles. The number of likely N-dealkylation sites (tertiary alicyclic amines) is 1. The molecule has 2 aromatic rings. The predicted octanol–water partition coefficient (Wildman–Crippen LogP) is 2.54. The number of hydrogen-bond donors (Lipinski definition) is 1. The van der Waals surface area contributed by atoms with Crippen molar-refractivity contribution >= 4 is 6.41 Å². The van der Waals surface area contributed by atoms with Gasteiger partial charge in [-0.2, -0.15) is 0 Å². The highest BCUT2D eigenvalue weighted by molar-refractivity contribution is 5.51. The Hall–Kier alpha value is -2.13. The van der Waals surface area contributed by atoms with E-state index in [1.54, 1.807) is 4.90 Å². The quantitative estimate of drug-likeness (QED) is 0.875. The molecule has 1 aliphatic rings. The van der Waals surface area contributed by atoms with Crippen molar-refractivity contribution in [1.29, 1.82) is 0 Å². The van der Waals surface area contributed by atoms with E-state index in [1.807, 2.05) is 60.7 Å². The maximum atomic E-state index is 11.6. The van der Waals surface area contributed by atoms with Crippen molar-refractivity contribution in [3.05, 3.63) is 71.8 Å². The smallest absolute Gasteiger partial charge is 0.210 e. The third kappa shape index (κ3) is 2.34. The molecule has 1 N–H and O–H groups in total. The van der Waals surface area contributed by atoms with Crippen LogP contribution in [0.5, 0.6) is 0 Å². The summed E-state index contributed by atoms with van der Waals surface area (Å²) in [6, 6.07) is 19.0. The molecule has 1 heterocycles. The minimum atomic E-state index is -1.17. The van der Waals surface area contributed by atoms with E-state index in [1.165, 1.54) is 0 Å². The van der Waals surface area contributed by atoms with Crippen molar-refractivity contribution in [2.24, 2.45) is 0 Å². The van der Waals surface area contributed by atoms with Crippen LogP contribution in [0.1, 0.15) is 24.0 Å². The van der Waals surface area contributed by atoms with Gasteiger partial charge in [0.1, 0.15) is 5.60 Å². The van der Waals surface area contributed by atoms with Gasteiger partial charge in [-0.3, -0.25) is 4.79 Å². The number of aliphatic hydroxyl groups is 1. The van der Waals surface area contributed by atoms with Crippen LogP contribution in [0, 0.1) is 0 Å². The molecule has 0 radical (unpaired) electrons. The molecule has 0 bridgehead atoms. The molecule has 0 saturated carbocycles. The lowest BCUT2D eigenvalue weighted by Crippen LogP contribution is -2.47. The van der Waals surface area contributed by atoms with Crippen LogP contribution in [0.3, 0.4) is 0 Å². The third-order valence-corrected chi connectivity index (χ3v) is 4.34. The van der Waals surface area contributed by atoms with Crippen LogP contribution in [0.4, 0.5) is 0 Å². The molecule has 1 atom stereocenters. The lowest BCUT2D eigenvalue weighted by atomic mass is 9.79. The molecule has 3 rings (SSSR count). The van der Waals surface area contributed by atoms with Crippen molar-refractivity contribution in [3.8, 4) is 0 Å². The van der Waals surface area contributed by atoms with Crippen molar-refractivity contribution in [1.82, 2.24) is 4.90 Å². The SMILES string of the molecule is O=CN1CCC[C@H]1C(O)(c1ccccc1)c1ccccc1. The molecule has 108 valence electrons. The maximum Gasteiger partial charge on any atom is 0.210 e. The summed E-state index contributed by atoms with van der Waals surface area (Å²) in [4.78, 5) is 13.1. The lowest BCUT2D eigenvalue weighted by molar-refractivity contribution is -0.123. The molecule has 0 spiro atoms. The van der Waals surface area contributed by atoms with Crippen LogP contribution >= 0.6 is 0 Å². The number of rotatable bonds is 4. The number of carbonyl (C=O) groups excluding carboxylic acids is 1. The van der Waals surface area contributed by atoms with Crippen molar-refractivity contribution in [2.75, 3.05) is 6.54 Å². The zero-order valence-corrected chi connectivity index (χ0v) is 11.9. The fourth-order valence-electron chi connectivity index (χ4n) is 3.30. The molecule has 3 nitrogen and oxygen atoms in total. The highest BCUT2D eigenvalue weighted by Gasteiger charge is 2.45. The van der Waals surface area contributed by atoms with Gasteiger partial charge < -0.3 is 10.0 Å². The van der Waals surface area contributed by atoms with Gasteiger partial charge in [0.25, 0.3) is 0 Å². The van der Waals surface area contributed by atoms with Crippen molar-refractivity contribution in [3.63, 3.8) is 0 Å². The van der Waals surface area contributed by atoms with Gasteiger partial charge in [0.05, 0.1) is 6.04 Å². The Morgan fingerprint density at radius 2 is 1.52 bits per heavy atom. The summed E-state index contributed by atoms with van der Waals surface area (Å²) in [6.07, 6.45) is 2.58. The summed E-state index contributed by atoms with van der Waals surface area (Å²) in [5.41, 5.74) is 0.491. The summed E-state index contributed by atoms with van der Waals surface area (Å²) < 4.78 is 0. The van der Waals surface area contributed by atoms with Crippen LogP contribution in [0.25, 0.3) is 0 Å². The molecule has 0 aromatic heterocycles. The van der Waals surface area contributed by atoms with E-state index in [4.69, 9.17) is 0 Å². The Morgan fingerprint density at radius 1 is 1.00 bits per heavy atom. The molecule has 0 aliphatic carbocycles. The number of nitrogens with zero attached hydrogens (tertiary/aromatic N) is 1. The molecule has 1 fully saturated rings. The Kier molecular flexibility index (Phi) is 3.76. The lowest BCUT2D eigenvalue weighted by Gasteiger charge is -2.38. The minimum absolute atomic E-state index is 0.222. The van der Waals surface area contributed by atoms with E-state index in [-0.39, 0.29) is 6.04 Å². The Labute approximate surface area is 124 Å². The summed E-state index contributed by atoms with van der Waals surface area (Å²) in [5.74, 6) is 0. The Morgan fingerprint density at radius 3 is 2.00 bits per heavy atom. The Bertz CT molecular complexity index is 558. The minimum Gasteiger partial charge on any atom is -0.378 e. The van der Waals surface area contributed by atoms with Gasteiger partial charge in [0.2, 0.25) is 6.41 Å². The first-order valence-electron chi connectivity index (χ1n) is 7.31. The average Bonchev–Trinajstić information content (AvgIpc) is 3.05. The van der Waals surface area contributed by atoms with E-state index < -0.39 is 5.60 Å². The second-order valence-electron chi connectivity index (χ2n) is 5.50. The van der Waals surface area contributed by atoms with Crippen LogP contribution in [0.2, 0.25) is 0 Å². The van der Waals surface area contributed by atoms with Crippen LogP contribution in [-0.2, 0) is 10.4 Å². The average molecular weight is 281 g/mol. The molecular formula is C18H19NO2. The summed E-state index contributed by atoms with van der Waals surface area (Å²) in [5, 5.41) is 11.6. The first-order valence-corrected chi connectivity index (χ1v) is 7.31. The van der Waals surface area contributed by atoms with Gasteiger partial charge in [-0.05, 0) is 24.0 Å². The topological polar surface area (TPSA) is 40.5 Å². The van der Waals surface area contributed by atoms with E-state index >= 15 is 0 Å². The molecule has 0 unspecified atom stereocenters. The highest BCUT2D eigenvalue weighted by Crippen LogP contribution is 2.39. The fourth-order valence-corrected chi connectivity index (χ4v) is 3.30.